The number of halogens is 1. The van der Waals surface area contributed by atoms with Crippen molar-refractivity contribution < 1.29 is 9.90 Å². The lowest BCUT2D eigenvalue weighted by atomic mass is 10.4. The molecule has 0 bridgehead atoms. The van der Waals surface area contributed by atoms with Gasteiger partial charge in [-0.2, -0.15) is 0 Å². The molecule has 3 nitrogen and oxygen atoms in total. The average molecular weight is 356 g/mol. The third-order valence-electron chi connectivity index (χ3n) is 2.17. The third kappa shape index (κ3) is 4.18. The third-order valence-corrected chi connectivity index (χ3v) is 4.86. The van der Waals surface area contributed by atoms with Crippen molar-refractivity contribution in [2.24, 2.45) is 0 Å². The van der Waals surface area contributed by atoms with Gasteiger partial charge in [-0.25, -0.2) is 0 Å². The minimum absolute atomic E-state index is 0.105. The molecule has 0 saturated heterocycles. The lowest BCUT2D eigenvalue weighted by Gasteiger charge is -2.00. The van der Waals surface area contributed by atoms with Gasteiger partial charge in [0.2, 0.25) is 0 Å². The molecule has 0 aliphatic heterocycles. The van der Waals surface area contributed by atoms with E-state index in [-0.39, 0.29) is 12.5 Å². The van der Waals surface area contributed by atoms with Crippen molar-refractivity contribution in [2.75, 3.05) is 6.61 Å². The second kappa shape index (κ2) is 6.87. The molecular formula is C13H10BrNO2S2. The zero-order valence-corrected chi connectivity index (χ0v) is 13.0. The number of aliphatic hydroxyl groups is 1. The van der Waals surface area contributed by atoms with Crippen LogP contribution in [0.2, 0.25) is 0 Å². The number of carbonyl (C=O) groups is 1. The molecule has 2 aromatic rings. The lowest BCUT2D eigenvalue weighted by Crippen LogP contribution is -2.21. The Hall–Kier alpha value is -1.13. The molecule has 0 aliphatic carbocycles. The van der Waals surface area contributed by atoms with Crippen LogP contribution in [0.5, 0.6) is 0 Å². The highest BCUT2D eigenvalue weighted by Crippen LogP contribution is 2.20. The first-order valence-corrected chi connectivity index (χ1v) is 7.88. The van der Waals surface area contributed by atoms with Crippen LogP contribution < -0.4 is 5.32 Å². The molecule has 2 aromatic heterocycles. The fraction of sp³-hybridized carbons (Fsp3) is 0.154. The molecule has 19 heavy (non-hydrogen) atoms. The molecule has 0 fully saturated rings. The maximum absolute atomic E-state index is 11.9. The Morgan fingerprint density at radius 3 is 3.00 bits per heavy atom. The largest absolute Gasteiger partial charge is 0.384 e. The smallest absolute Gasteiger partial charge is 0.261 e. The van der Waals surface area contributed by atoms with Crippen molar-refractivity contribution in [3.05, 3.63) is 42.7 Å². The topological polar surface area (TPSA) is 49.3 Å². The number of thiophene rings is 2. The Bertz CT molecular complexity index is 636. The SMILES string of the molecule is O=C(NCc1cc(Br)cs1)c1ccc(C#CCO)s1. The van der Waals surface area contributed by atoms with Crippen molar-refractivity contribution in [2.45, 2.75) is 6.54 Å². The summed E-state index contributed by atoms with van der Waals surface area (Å²) >= 11 is 6.29. The summed E-state index contributed by atoms with van der Waals surface area (Å²) in [6.07, 6.45) is 0. The summed E-state index contributed by atoms with van der Waals surface area (Å²) in [6, 6.07) is 5.51. The quantitative estimate of drug-likeness (QED) is 0.831. The van der Waals surface area contributed by atoms with Crippen LogP contribution >= 0.6 is 38.6 Å². The highest BCUT2D eigenvalue weighted by atomic mass is 79.9. The van der Waals surface area contributed by atoms with Crippen molar-refractivity contribution in [1.82, 2.24) is 5.32 Å². The Labute approximate surface area is 127 Å². The summed E-state index contributed by atoms with van der Waals surface area (Å²) in [5.41, 5.74) is 0. The first-order valence-electron chi connectivity index (χ1n) is 5.39. The highest BCUT2D eigenvalue weighted by Gasteiger charge is 2.08. The van der Waals surface area contributed by atoms with E-state index in [0.29, 0.717) is 11.4 Å². The molecule has 2 N–H and O–H groups in total. The minimum Gasteiger partial charge on any atom is -0.384 e. The van der Waals surface area contributed by atoms with Crippen molar-refractivity contribution in [1.29, 1.82) is 0 Å². The van der Waals surface area contributed by atoms with Crippen LogP contribution in [0.1, 0.15) is 19.4 Å². The fourth-order valence-corrected chi connectivity index (χ4v) is 3.54. The van der Waals surface area contributed by atoms with Crippen LogP contribution in [-0.4, -0.2) is 17.6 Å². The minimum atomic E-state index is -0.174. The van der Waals surface area contributed by atoms with Crippen LogP contribution in [0.4, 0.5) is 0 Å². The normalized spacial score (nSPS) is 9.79. The second-order valence-electron chi connectivity index (χ2n) is 3.54. The summed E-state index contributed by atoms with van der Waals surface area (Å²) in [5.74, 6) is 5.23. The molecule has 0 radical (unpaired) electrons. The zero-order chi connectivity index (χ0) is 13.7. The Balaban J connectivity index is 1.94. The first kappa shape index (κ1) is 14.3. The molecule has 2 rings (SSSR count). The summed E-state index contributed by atoms with van der Waals surface area (Å²) in [6.45, 7) is 0.345. The van der Waals surface area contributed by atoms with Crippen molar-refractivity contribution in [3.63, 3.8) is 0 Å². The van der Waals surface area contributed by atoms with Gasteiger partial charge in [0.1, 0.15) is 6.61 Å². The number of rotatable bonds is 3. The number of amides is 1. The van der Waals surface area contributed by atoms with Gasteiger partial charge in [0.15, 0.2) is 0 Å². The molecule has 0 unspecified atom stereocenters. The lowest BCUT2D eigenvalue weighted by molar-refractivity contribution is 0.0955. The van der Waals surface area contributed by atoms with Gasteiger partial charge in [-0.05, 0) is 34.1 Å². The molecule has 0 spiro atoms. The molecule has 0 aliphatic rings. The van der Waals surface area contributed by atoms with Crippen LogP contribution in [-0.2, 0) is 6.54 Å². The van der Waals surface area contributed by atoms with Gasteiger partial charge < -0.3 is 10.4 Å². The van der Waals surface area contributed by atoms with Gasteiger partial charge in [-0.3, -0.25) is 4.79 Å². The summed E-state index contributed by atoms with van der Waals surface area (Å²) in [4.78, 5) is 14.4. The number of hydrogen-bond donors (Lipinski definition) is 2. The molecule has 98 valence electrons. The predicted molar refractivity (Wildman–Crippen MR) is 81.5 cm³/mol. The first-order chi connectivity index (χ1) is 9.19. The number of aliphatic hydroxyl groups excluding tert-OH is 1. The van der Waals surface area contributed by atoms with E-state index in [1.807, 2.05) is 11.4 Å². The molecule has 0 aromatic carbocycles. The molecular weight excluding hydrogens is 346 g/mol. The van der Waals surface area contributed by atoms with Crippen LogP contribution in [0, 0.1) is 11.8 Å². The standard InChI is InChI=1S/C13H10BrNO2S2/c14-9-6-11(18-8-9)7-15-13(17)12-4-3-10(19-12)2-1-5-16/h3-4,6,8,16H,5,7H2,(H,15,17). The molecule has 2 heterocycles. The van der Waals surface area contributed by atoms with E-state index in [9.17, 15) is 4.79 Å². The molecule has 0 saturated carbocycles. The highest BCUT2D eigenvalue weighted by molar-refractivity contribution is 9.10. The second-order valence-corrected chi connectivity index (χ2v) is 6.53. The van der Waals surface area contributed by atoms with E-state index in [4.69, 9.17) is 5.11 Å². The summed E-state index contributed by atoms with van der Waals surface area (Å²) in [5, 5.41) is 13.4. The van der Waals surface area contributed by atoms with Gasteiger partial charge in [-0.1, -0.05) is 11.8 Å². The van der Waals surface area contributed by atoms with E-state index in [1.165, 1.54) is 11.3 Å². The van der Waals surface area contributed by atoms with Crippen LogP contribution in [0.25, 0.3) is 0 Å². The van der Waals surface area contributed by atoms with Gasteiger partial charge in [0.25, 0.3) is 5.91 Å². The monoisotopic (exact) mass is 355 g/mol. The average Bonchev–Trinajstić information content (AvgIpc) is 3.02. The van der Waals surface area contributed by atoms with Gasteiger partial charge >= 0.3 is 0 Å². The van der Waals surface area contributed by atoms with Crippen molar-refractivity contribution >= 4 is 44.5 Å². The van der Waals surface area contributed by atoms with Gasteiger partial charge in [0.05, 0.1) is 16.3 Å². The fourth-order valence-electron chi connectivity index (χ4n) is 1.35. The van der Waals surface area contributed by atoms with E-state index in [0.717, 1.165) is 14.2 Å². The Morgan fingerprint density at radius 2 is 2.32 bits per heavy atom. The Kier molecular flexibility index (Phi) is 5.16. The summed E-state index contributed by atoms with van der Waals surface area (Å²) < 4.78 is 1.03. The molecule has 0 atom stereocenters. The predicted octanol–water partition coefficient (Wildman–Crippen LogP) is 2.85. The van der Waals surface area contributed by atoms with Crippen LogP contribution in [0.3, 0.4) is 0 Å². The van der Waals surface area contributed by atoms with E-state index in [2.05, 4.69) is 33.1 Å². The Morgan fingerprint density at radius 1 is 1.47 bits per heavy atom. The van der Waals surface area contributed by atoms with Crippen molar-refractivity contribution in [3.8, 4) is 11.8 Å². The molecule has 6 heteroatoms. The maximum Gasteiger partial charge on any atom is 0.261 e. The number of carbonyl (C=O) groups excluding carboxylic acids is 1. The maximum atomic E-state index is 11.9. The molecule has 1 amide bonds. The number of hydrogen-bond acceptors (Lipinski definition) is 4. The zero-order valence-electron chi connectivity index (χ0n) is 9.77. The summed E-state index contributed by atoms with van der Waals surface area (Å²) in [7, 11) is 0. The van der Waals surface area contributed by atoms with E-state index >= 15 is 0 Å². The van der Waals surface area contributed by atoms with Crippen LogP contribution in [0.15, 0.2) is 28.1 Å². The van der Waals surface area contributed by atoms with E-state index < -0.39 is 0 Å². The van der Waals surface area contributed by atoms with E-state index in [1.54, 1.807) is 23.5 Å². The van der Waals surface area contributed by atoms with Gasteiger partial charge in [-0.15, -0.1) is 22.7 Å². The number of nitrogens with one attached hydrogen (secondary N) is 1. The van der Waals surface area contributed by atoms with Gasteiger partial charge in [0, 0.05) is 14.7 Å².